The van der Waals surface area contributed by atoms with Gasteiger partial charge in [0.2, 0.25) is 0 Å². The number of rotatable bonds is 6. The summed E-state index contributed by atoms with van der Waals surface area (Å²) >= 11 is 0. The SMILES string of the molecule is CC(C)[Si](C#Cc1ccc(C#C[Si](C(C)C)(C(C)C)C(C)C)c2cc3ccccc3cc12)(C(C)C)C(C)C. The van der Waals surface area contributed by atoms with E-state index < -0.39 is 16.1 Å². The lowest BCUT2D eigenvalue weighted by molar-refractivity contribution is 0.838. The molecule has 0 saturated carbocycles. The minimum atomic E-state index is -1.83. The first-order valence-corrected chi connectivity index (χ1v) is 19.3. The molecule has 0 aromatic heterocycles. The Hall–Kier alpha value is -2.27. The second-order valence-electron chi connectivity index (χ2n) is 13.2. The molecule has 0 amide bonds. The van der Waals surface area contributed by atoms with Gasteiger partial charge in [0, 0.05) is 11.1 Å². The summed E-state index contributed by atoms with van der Waals surface area (Å²) in [4.78, 5) is 0. The van der Waals surface area contributed by atoms with Crippen LogP contribution in [-0.2, 0) is 0 Å². The summed E-state index contributed by atoms with van der Waals surface area (Å²) in [7, 11) is -3.65. The molecule has 0 nitrogen and oxygen atoms in total. The van der Waals surface area contributed by atoms with Crippen molar-refractivity contribution in [2.24, 2.45) is 0 Å². The van der Waals surface area contributed by atoms with Crippen LogP contribution in [0.4, 0.5) is 0 Å². The molecule has 3 aromatic rings. The van der Waals surface area contributed by atoms with Crippen LogP contribution >= 0.6 is 0 Å². The van der Waals surface area contributed by atoms with E-state index in [1.54, 1.807) is 0 Å². The molecule has 0 fully saturated rings. The summed E-state index contributed by atoms with van der Waals surface area (Å²) in [6.07, 6.45) is 0. The third-order valence-corrected chi connectivity index (χ3v) is 22.0. The molecule has 38 heavy (non-hydrogen) atoms. The van der Waals surface area contributed by atoms with Crippen LogP contribution in [0, 0.1) is 22.9 Å². The molecule has 0 spiro atoms. The highest BCUT2D eigenvalue weighted by molar-refractivity contribution is 6.91. The molecule has 0 N–H and O–H groups in total. The lowest BCUT2D eigenvalue weighted by Crippen LogP contribution is -2.43. The van der Waals surface area contributed by atoms with Gasteiger partial charge < -0.3 is 0 Å². The van der Waals surface area contributed by atoms with Gasteiger partial charge in [-0.2, -0.15) is 0 Å². The van der Waals surface area contributed by atoms with Crippen LogP contribution in [0.5, 0.6) is 0 Å². The molecule has 2 heteroatoms. The van der Waals surface area contributed by atoms with Gasteiger partial charge in [-0.3, -0.25) is 0 Å². The van der Waals surface area contributed by atoms with Crippen molar-refractivity contribution in [3.63, 3.8) is 0 Å². The molecule has 3 rings (SSSR count). The van der Waals surface area contributed by atoms with Crippen molar-refractivity contribution in [3.8, 4) is 22.9 Å². The highest BCUT2D eigenvalue weighted by atomic mass is 28.3. The van der Waals surface area contributed by atoms with E-state index in [1.807, 2.05) is 0 Å². The monoisotopic (exact) mass is 538 g/mol. The van der Waals surface area contributed by atoms with E-state index in [2.05, 4.69) is 155 Å². The van der Waals surface area contributed by atoms with Gasteiger partial charge in [-0.25, -0.2) is 0 Å². The molecular formula is C36H50Si2. The molecule has 0 bridgehead atoms. The van der Waals surface area contributed by atoms with Crippen LogP contribution in [0.25, 0.3) is 21.5 Å². The van der Waals surface area contributed by atoms with Crippen molar-refractivity contribution >= 4 is 37.7 Å². The summed E-state index contributed by atoms with van der Waals surface area (Å²) in [6, 6.07) is 17.9. The average Bonchev–Trinajstić information content (AvgIpc) is 2.83. The lowest BCUT2D eigenvalue weighted by Gasteiger charge is -2.38. The molecule has 0 atom stereocenters. The maximum Gasteiger partial charge on any atom is 0.146 e. The molecule has 0 aliphatic carbocycles. The Balaban J connectivity index is 2.34. The van der Waals surface area contributed by atoms with E-state index in [0.29, 0.717) is 33.2 Å². The van der Waals surface area contributed by atoms with Crippen LogP contribution in [-0.4, -0.2) is 16.1 Å². The van der Waals surface area contributed by atoms with Crippen LogP contribution in [0.15, 0.2) is 48.5 Å². The Bertz CT molecular complexity index is 1250. The number of hydrogen-bond donors (Lipinski definition) is 0. The minimum absolute atomic E-state index is 0.619. The molecule has 0 unspecified atom stereocenters. The summed E-state index contributed by atoms with van der Waals surface area (Å²) in [6.45, 7) is 28.7. The first kappa shape index (κ1) is 30.3. The Kier molecular flexibility index (Phi) is 9.45. The molecule has 0 saturated heterocycles. The highest BCUT2D eigenvalue weighted by Crippen LogP contribution is 2.42. The Labute approximate surface area is 236 Å². The second kappa shape index (κ2) is 11.9. The number of fused-ring (bicyclic) bond motifs is 2. The Morgan fingerprint density at radius 1 is 0.447 bits per heavy atom. The smallest absolute Gasteiger partial charge is 0.125 e. The van der Waals surface area contributed by atoms with Gasteiger partial charge in [0.1, 0.15) is 16.1 Å². The molecule has 0 radical (unpaired) electrons. The van der Waals surface area contributed by atoms with E-state index in [1.165, 1.54) is 21.5 Å². The molecular weight excluding hydrogens is 489 g/mol. The maximum atomic E-state index is 3.97. The van der Waals surface area contributed by atoms with Crippen LogP contribution in [0.1, 0.15) is 94.2 Å². The Morgan fingerprint density at radius 2 is 0.737 bits per heavy atom. The van der Waals surface area contributed by atoms with Crippen LogP contribution in [0.3, 0.4) is 0 Å². The van der Waals surface area contributed by atoms with Gasteiger partial charge in [-0.1, -0.05) is 119 Å². The number of hydrogen-bond acceptors (Lipinski definition) is 0. The zero-order valence-corrected chi connectivity index (χ0v) is 28.1. The molecule has 0 heterocycles. The predicted molar refractivity (Wildman–Crippen MR) is 177 cm³/mol. The summed E-state index contributed by atoms with van der Waals surface area (Å²) < 4.78 is 0. The zero-order chi connectivity index (χ0) is 28.4. The van der Waals surface area contributed by atoms with Gasteiger partial charge >= 0.3 is 0 Å². The first-order valence-electron chi connectivity index (χ1n) is 14.8. The largest absolute Gasteiger partial charge is 0.146 e. The zero-order valence-electron chi connectivity index (χ0n) is 26.1. The van der Waals surface area contributed by atoms with Crippen molar-refractivity contribution in [2.45, 2.75) is 116 Å². The third-order valence-electron chi connectivity index (χ3n) is 9.44. The van der Waals surface area contributed by atoms with E-state index in [0.717, 1.165) is 11.1 Å². The average molecular weight is 539 g/mol. The molecule has 202 valence electrons. The molecule has 0 aliphatic rings. The van der Waals surface area contributed by atoms with E-state index in [9.17, 15) is 0 Å². The lowest BCUT2D eigenvalue weighted by atomic mass is 9.96. The quantitative estimate of drug-likeness (QED) is 0.166. The van der Waals surface area contributed by atoms with E-state index in [-0.39, 0.29) is 0 Å². The van der Waals surface area contributed by atoms with Crippen molar-refractivity contribution in [1.82, 2.24) is 0 Å². The van der Waals surface area contributed by atoms with Crippen LogP contribution < -0.4 is 0 Å². The van der Waals surface area contributed by atoms with Crippen molar-refractivity contribution in [2.75, 3.05) is 0 Å². The van der Waals surface area contributed by atoms with Gasteiger partial charge in [0.15, 0.2) is 0 Å². The standard InChI is InChI=1S/C36H50Si2/c1-25(2)37(26(3)4,27(5)6)21-19-31-17-18-32(20-22-38(28(7)8,29(9)10)30(11)12)36-24-34-16-14-13-15-33(34)23-35(31)36/h13-18,23-30H,1-12H3. The van der Waals surface area contributed by atoms with Crippen molar-refractivity contribution in [3.05, 3.63) is 59.7 Å². The molecule has 0 aliphatic heterocycles. The van der Waals surface area contributed by atoms with Gasteiger partial charge in [0.25, 0.3) is 0 Å². The number of benzene rings is 3. The summed E-state index contributed by atoms with van der Waals surface area (Å²) in [5, 5.41) is 5.02. The predicted octanol–water partition coefficient (Wildman–Crippen LogP) is 11.1. The van der Waals surface area contributed by atoms with Crippen molar-refractivity contribution < 1.29 is 0 Å². The normalized spacial score (nSPS) is 12.7. The fourth-order valence-corrected chi connectivity index (χ4v) is 17.9. The third kappa shape index (κ3) is 5.41. The van der Waals surface area contributed by atoms with Gasteiger partial charge in [-0.05, 0) is 79.1 Å². The second-order valence-corrected chi connectivity index (χ2v) is 24.4. The summed E-state index contributed by atoms with van der Waals surface area (Å²) in [5.41, 5.74) is 13.9. The molecule has 3 aromatic carbocycles. The Morgan fingerprint density at radius 3 is 1.00 bits per heavy atom. The van der Waals surface area contributed by atoms with Crippen molar-refractivity contribution in [1.29, 1.82) is 0 Å². The van der Waals surface area contributed by atoms with Crippen LogP contribution in [0.2, 0.25) is 33.2 Å². The van der Waals surface area contributed by atoms with Gasteiger partial charge in [-0.15, -0.1) is 11.1 Å². The van der Waals surface area contributed by atoms with E-state index >= 15 is 0 Å². The summed E-state index contributed by atoms with van der Waals surface area (Å²) in [5.74, 6) is 7.53. The topological polar surface area (TPSA) is 0 Å². The highest BCUT2D eigenvalue weighted by Gasteiger charge is 2.42. The fraction of sp³-hybridized carbons (Fsp3) is 0.500. The maximum absolute atomic E-state index is 3.97. The minimum Gasteiger partial charge on any atom is -0.125 e. The first-order chi connectivity index (χ1) is 17.8. The fourth-order valence-electron chi connectivity index (χ4n) is 7.47. The van der Waals surface area contributed by atoms with Gasteiger partial charge in [0.05, 0.1) is 0 Å². The van der Waals surface area contributed by atoms with E-state index in [4.69, 9.17) is 0 Å².